The number of nitrogens with one attached hydrogen (secondary N) is 1. The highest BCUT2D eigenvalue weighted by atomic mass is 16.2. The fourth-order valence-electron chi connectivity index (χ4n) is 3.52. The van der Waals surface area contributed by atoms with Crippen molar-refractivity contribution in [3.05, 3.63) is 42.1 Å². The number of amides is 3. The third-order valence-electron chi connectivity index (χ3n) is 4.58. The van der Waals surface area contributed by atoms with Crippen molar-refractivity contribution in [2.75, 3.05) is 24.5 Å². The largest absolute Gasteiger partial charge is 0.350 e. The fourth-order valence-corrected chi connectivity index (χ4v) is 3.52. The van der Waals surface area contributed by atoms with E-state index in [9.17, 15) is 9.59 Å². The van der Waals surface area contributed by atoms with Gasteiger partial charge in [-0.05, 0) is 39.3 Å². The first-order chi connectivity index (χ1) is 13.3. The van der Waals surface area contributed by atoms with Crippen LogP contribution in [0.25, 0.3) is 5.69 Å². The molecule has 0 saturated heterocycles. The van der Waals surface area contributed by atoms with Crippen LogP contribution in [0.4, 0.5) is 10.6 Å². The molecule has 28 heavy (non-hydrogen) atoms. The SMILES string of the molecule is CC(C)(C)NC(=O)CN1C(=O)N2CCCN=C2c2cnn(-c3ccccc3)c21. The Labute approximate surface area is 163 Å². The Morgan fingerprint density at radius 3 is 2.68 bits per heavy atom. The highest BCUT2D eigenvalue weighted by Gasteiger charge is 2.40. The first-order valence-electron chi connectivity index (χ1n) is 9.43. The number of anilines is 1. The Morgan fingerprint density at radius 2 is 1.96 bits per heavy atom. The van der Waals surface area contributed by atoms with E-state index in [0.29, 0.717) is 24.7 Å². The van der Waals surface area contributed by atoms with Gasteiger partial charge in [0.2, 0.25) is 5.91 Å². The zero-order valence-electron chi connectivity index (χ0n) is 16.3. The minimum Gasteiger partial charge on any atom is -0.350 e. The molecule has 146 valence electrons. The van der Waals surface area contributed by atoms with E-state index >= 15 is 0 Å². The Balaban J connectivity index is 1.79. The molecule has 4 rings (SSSR count). The van der Waals surface area contributed by atoms with Crippen molar-refractivity contribution in [3.63, 3.8) is 0 Å². The summed E-state index contributed by atoms with van der Waals surface area (Å²) in [6.07, 6.45) is 2.53. The predicted molar refractivity (Wildman–Crippen MR) is 107 cm³/mol. The molecule has 3 amide bonds. The van der Waals surface area contributed by atoms with Gasteiger partial charge in [-0.15, -0.1) is 0 Å². The van der Waals surface area contributed by atoms with E-state index in [-0.39, 0.29) is 24.0 Å². The van der Waals surface area contributed by atoms with Gasteiger partial charge in [0.15, 0.2) is 5.82 Å². The standard InChI is InChI=1S/C20H24N6O2/c1-20(2,3)23-16(27)13-25-18-15(17-21-10-7-11-24(17)19(25)28)12-22-26(18)14-8-5-4-6-9-14/h4-6,8-9,12H,7,10-11,13H2,1-3H3,(H,23,27). The first-order valence-corrected chi connectivity index (χ1v) is 9.43. The molecule has 0 atom stereocenters. The minimum absolute atomic E-state index is 0.0780. The number of aromatic nitrogens is 2. The maximum Gasteiger partial charge on any atom is 0.331 e. The number of carbonyl (C=O) groups is 2. The maximum absolute atomic E-state index is 13.3. The van der Waals surface area contributed by atoms with E-state index in [2.05, 4.69) is 15.4 Å². The summed E-state index contributed by atoms with van der Waals surface area (Å²) in [5, 5.41) is 7.44. The summed E-state index contributed by atoms with van der Waals surface area (Å²) in [6.45, 7) is 6.93. The molecule has 0 unspecified atom stereocenters. The molecular formula is C20H24N6O2. The molecule has 8 heteroatoms. The van der Waals surface area contributed by atoms with Crippen molar-refractivity contribution in [1.29, 1.82) is 0 Å². The lowest BCUT2D eigenvalue weighted by atomic mass is 10.1. The second-order valence-corrected chi connectivity index (χ2v) is 8.01. The fraction of sp³-hybridized carbons (Fsp3) is 0.400. The maximum atomic E-state index is 13.3. The van der Waals surface area contributed by atoms with Gasteiger partial charge in [-0.1, -0.05) is 18.2 Å². The Hall–Kier alpha value is -3.16. The van der Waals surface area contributed by atoms with Crippen molar-refractivity contribution in [2.24, 2.45) is 4.99 Å². The average molecular weight is 380 g/mol. The number of aliphatic imine (C=N–C) groups is 1. The molecule has 0 radical (unpaired) electrons. The molecule has 1 N–H and O–H groups in total. The van der Waals surface area contributed by atoms with Crippen LogP contribution in [0, 0.1) is 0 Å². The van der Waals surface area contributed by atoms with Gasteiger partial charge in [0.25, 0.3) is 0 Å². The van der Waals surface area contributed by atoms with Gasteiger partial charge in [-0.3, -0.25) is 19.6 Å². The summed E-state index contributed by atoms with van der Waals surface area (Å²) in [6, 6.07) is 9.34. The zero-order chi connectivity index (χ0) is 19.9. The monoisotopic (exact) mass is 380 g/mol. The van der Waals surface area contributed by atoms with Crippen LogP contribution in [0.2, 0.25) is 0 Å². The molecule has 3 heterocycles. The lowest BCUT2D eigenvalue weighted by Gasteiger charge is -2.38. The lowest BCUT2D eigenvalue weighted by molar-refractivity contribution is -0.121. The highest BCUT2D eigenvalue weighted by molar-refractivity contribution is 6.19. The number of para-hydroxylation sites is 1. The summed E-state index contributed by atoms with van der Waals surface area (Å²) in [5.74, 6) is 1.00. The molecule has 0 saturated carbocycles. The van der Waals surface area contributed by atoms with Crippen LogP contribution in [0.3, 0.4) is 0 Å². The van der Waals surface area contributed by atoms with Crippen LogP contribution in [-0.2, 0) is 4.79 Å². The number of carbonyl (C=O) groups excluding carboxylic acids is 2. The van der Waals surface area contributed by atoms with Gasteiger partial charge in [0.05, 0.1) is 17.4 Å². The smallest absolute Gasteiger partial charge is 0.331 e. The number of nitrogens with zero attached hydrogens (tertiary/aromatic N) is 5. The normalized spacial score (nSPS) is 16.4. The topological polar surface area (TPSA) is 82.8 Å². The van der Waals surface area contributed by atoms with Crippen LogP contribution in [0.5, 0.6) is 0 Å². The molecule has 2 aliphatic rings. The number of hydrogen-bond acceptors (Lipinski definition) is 4. The van der Waals surface area contributed by atoms with Gasteiger partial charge < -0.3 is 5.32 Å². The Bertz CT molecular complexity index is 941. The van der Waals surface area contributed by atoms with E-state index in [1.165, 1.54) is 4.90 Å². The van der Waals surface area contributed by atoms with E-state index in [0.717, 1.165) is 17.7 Å². The molecular weight excluding hydrogens is 356 g/mol. The molecule has 2 aliphatic heterocycles. The molecule has 0 fully saturated rings. The van der Waals surface area contributed by atoms with Crippen molar-refractivity contribution in [2.45, 2.75) is 32.7 Å². The van der Waals surface area contributed by atoms with Crippen molar-refractivity contribution in [3.8, 4) is 5.69 Å². The number of hydrogen-bond donors (Lipinski definition) is 1. The van der Waals surface area contributed by atoms with E-state index in [1.807, 2.05) is 51.1 Å². The lowest BCUT2D eigenvalue weighted by Crippen LogP contribution is -2.56. The molecule has 1 aromatic carbocycles. The van der Waals surface area contributed by atoms with Gasteiger partial charge in [-0.2, -0.15) is 5.10 Å². The predicted octanol–water partition coefficient (Wildman–Crippen LogP) is 2.18. The second-order valence-electron chi connectivity index (χ2n) is 8.01. The van der Waals surface area contributed by atoms with Crippen LogP contribution >= 0.6 is 0 Å². The van der Waals surface area contributed by atoms with Crippen molar-refractivity contribution < 1.29 is 9.59 Å². The molecule has 2 aromatic rings. The van der Waals surface area contributed by atoms with Gasteiger partial charge in [-0.25, -0.2) is 9.48 Å². The van der Waals surface area contributed by atoms with E-state index < -0.39 is 0 Å². The molecule has 0 spiro atoms. The van der Waals surface area contributed by atoms with Gasteiger partial charge in [0.1, 0.15) is 12.4 Å². The summed E-state index contributed by atoms with van der Waals surface area (Å²) in [4.78, 5) is 33.6. The van der Waals surface area contributed by atoms with Gasteiger partial charge >= 0.3 is 6.03 Å². The number of amidine groups is 1. The number of fused-ring (bicyclic) bond motifs is 3. The average Bonchev–Trinajstić information content (AvgIpc) is 3.09. The highest BCUT2D eigenvalue weighted by Crippen LogP contribution is 2.32. The summed E-state index contributed by atoms with van der Waals surface area (Å²) in [5.41, 5.74) is 1.21. The number of benzene rings is 1. The van der Waals surface area contributed by atoms with Crippen LogP contribution in [-0.4, -0.2) is 57.6 Å². The minimum atomic E-state index is -0.379. The van der Waals surface area contributed by atoms with E-state index in [1.54, 1.807) is 15.8 Å². The van der Waals surface area contributed by atoms with Crippen LogP contribution < -0.4 is 10.2 Å². The third-order valence-corrected chi connectivity index (χ3v) is 4.58. The van der Waals surface area contributed by atoms with Crippen LogP contribution in [0.15, 0.2) is 41.5 Å². The Morgan fingerprint density at radius 1 is 1.21 bits per heavy atom. The van der Waals surface area contributed by atoms with Crippen LogP contribution in [0.1, 0.15) is 32.8 Å². The number of urea groups is 1. The molecule has 8 nitrogen and oxygen atoms in total. The zero-order valence-corrected chi connectivity index (χ0v) is 16.3. The Kier molecular flexibility index (Phi) is 4.41. The van der Waals surface area contributed by atoms with E-state index in [4.69, 9.17) is 0 Å². The summed E-state index contributed by atoms with van der Waals surface area (Å²) >= 11 is 0. The third kappa shape index (κ3) is 3.26. The molecule has 0 aliphatic carbocycles. The molecule has 1 aromatic heterocycles. The quantitative estimate of drug-likeness (QED) is 0.886. The summed E-state index contributed by atoms with van der Waals surface area (Å²) < 4.78 is 1.70. The first kappa shape index (κ1) is 18.2. The number of rotatable bonds is 3. The molecule has 0 bridgehead atoms. The van der Waals surface area contributed by atoms with Gasteiger partial charge in [0, 0.05) is 18.6 Å². The summed E-state index contributed by atoms with van der Waals surface area (Å²) in [7, 11) is 0. The van der Waals surface area contributed by atoms with Crippen molar-refractivity contribution in [1.82, 2.24) is 20.0 Å². The second kappa shape index (κ2) is 6.78. The van der Waals surface area contributed by atoms with Crippen molar-refractivity contribution >= 4 is 23.6 Å².